The van der Waals surface area contributed by atoms with E-state index in [-0.39, 0.29) is 18.3 Å². The summed E-state index contributed by atoms with van der Waals surface area (Å²) in [6.45, 7) is 1.71. The van der Waals surface area contributed by atoms with Gasteiger partial charge in [-0.05, 0) is 30.2 Å². The molecule has 22 heavy (non-hydrogen) atoms. The number of hydrogen-bond acceptors (Lipinski definition) is 5. The van der Waals surface area contributed by atoms with Gasteiger partial charge in [-0.3, -0.25) is 0 Å². The predicted octanol–water partition coefficient (Wildman–Crippen LogP) is 1.00. The number of aryl methyl sites for hydroxylation is 1. The summed E-state index contributed by atoms with van der Waals surface area (Å²) in [6, 6.07) is 4.46. The van der Waals surface area contributed by atoms with Gasteiger partial charge in [0, 0.05) is 20.5 Å². The first-order valence-electron chi connectivity index (χ1n) is 6.51. The highest BCUT2D eigenvalue weighted by Gasteiger charge is 2.15. The van der Waals surface area contributed by atoms with Gasteiger partial charge >= 0.3 is 0 Å². The summed E-state index contributed by atoms with van der Waals surface area (Å²) >= 11 is 0. The van der Waals surface area contributed by atoms with Gasteiger partial charge in [-0.25, -0.2) is 4.39 Å². The van der Waals surface area contributed by atoms with E-state index in [0.29, 0.717) is 12.2 Å². The Morgan fingerprint density at radius 1 is 1.36 bits per heavy atom. The molecule has 0 fully saturated rings. The molecule has 9 heteroatoms. The quantitative estimate of drug-likeness (QED) is 0.855. The van der Waals surface area contributed by atoms with Crippen LogP contribution in [0.1, 0.15) is 22.8 Å². The molecule has 0 amide bonds. The third kappa shape index (κ3) is 4.09. The Labute approximate surface area is 128 Å². The fourth-order valence-corrected chi connectivity index (χ4v) is 2.31. The molecule has 1 aromatic carbocycles. The van der Waals surface area contributed by atoms with Crippen molar-refractivity contribution in [3.63, 3.8) is 0 Å². The minimum atomic E-state index is -3.54. The summed E-state index contributed by atoms with van der Waals surface area (Å²) in [4.78, 5) is 4.11. The van der Waals surface area contributed by atoms with Crippen molar-refractivity contribution in [1.29, 1.82) is 0 Å². The number of halogens is 1. The van der Waals surface area contributed by atoms with Crippen molar-refractivity contribution in [2.75, 3.05) is 14.1 Å². The maximum absolute atomic E-state index is 13.0. The number of hydrogen-bond donors (Lipinski definition) is 1. The van der Waals surface area contributed by atoms with E-state index < -0.39 is 10.2 Å². The summed E-state index contributed by atoms with van der Waals surface area (Å²) in [5.74, 6) is 0.280. The first-order chi connectivity index (χ1) is 10.3. The van der Waals surface area contributed by atoms with Crippen molar-refractivity contribution in [2.24, 2.45) is 0 Å². The van der Waals surface area contributed by atoms with E-state index in [1.807, 2.05) is 0 Å². The van der Waals surface area contributed by atoms with Crippen LogP contribution in [0.4, 0.5) is 4.39 Å². The Kier molecular flexibility index (Phi) is 4.89. The molecule has 1 heterocycles. The molecule has 120 valence electrons. The maximum atomic E-state index is 13.0. The molecule has 2 aromatic rings. The number of aromatic nitrogens is 2. The molecule has 0 bridgehead atoms. The van der Waals surface area contributed by atoms with Crippen LogP contribution in [0.15, 0.2) is 22.7 Å². The van der Waals surface area contributed by atoms with Crippen LogP contribution < -0.4 is 4.72 Å². The first kappa shape index (κ1) is 16.5. The molecule has 0 atom stereocenters. The zero-order chi connectivity index (χ0) is 16.3. The van der Waals surface area contributed by atoms with Crippen LogP contribution in [0.25, 0.3) is 0 Å². The predicted molar refractivity (Wildman–Crippen MR) is 77.7 cm³/mol. The lowest BCUT2D eigenvalue weighted by Gasteiger charge is -2.10. The monoisotopic (exact) mass is 328 g/mol. The highest BCUT2D eigenvalue weighted by atomic mass is 32.2. The third-order valence-electron chi connectivity index (χ3n) is 3.05. The highest BCUT2D eigenvalue weighted by molar-refractivity contribution is 7.87. The van der Waals surface area contributed by atoms with Crippen molar-refractivity contribution in [3.05, 3.63) is 46.9 Å². The van der Waals surface area contributed by atoms with Gasteiger partial charge in [0.05, 0.1) is 6.54 Å². The SMILES string of the molecule is Cc1cc(F)ccc1Cc1noc(CNS(=O)(=O)N(C)C)n1. The smallest absolute Gasteiger partial charge is 0.279 e. The Morgan fingerprint density at radius 2 is 2.09 bits per heavy atom. The van der Waals surface area contributed by atoms with E-state index in [2.05, 4.69) is 14.9 Å². The Balaban J connectivity index is 2.03. The Morgan fingerprint density at radius 3 is 2.73 bits per heavy atom. The van der Waals surface area contributed by atoms with Gasteiger partial charge < -0.3 is 4.52 Å². The summed E-state index contributed by atoms with van der Waals surface area (Å²) in [5, 5.41) is 3.79. The fourth-order valence-electron chi connectivity index (χ4n) is 1.74. The third-order valence-corrected chi connectivity index (χ3v) is 4.52. The summed E-state index contributed by atoms with van der Waals surface area (Å²) < 4.78 is 44.5. The number of rotatable bonds is 6. The molecule has 0 aliphatic rings. The lowest BCUT2D eigenvalue weighted by Crippen LogP contribution is -2.35. The van der Waals surface area contributed by atoms with Gasteiger partial charge in [0.2, 0.25) is 5.89 Å². The fraction of sp³-hybridized carbons (Fsp3) is 0.385. The van der Waals surface area contributed by atoms with Crippen LogP contribution in [-0.2, 0) is 23.2 Å². The molecule has 0 aliphatic heterocycles. The topological polar surface area (TPSA) is 88.3 Å². The molecule has 0 saturated carbocycles. The van der Waals surface area contributed by atoms with Gasteiger partial charge in [-0.2, -0.15) is 22.4 Å². The molecule has 0 saturated heterocycles. The molecule has 1 aromatic heterocycles. The van der Waals surface area contributed by atoms with E-state index in [0.717, 1.165) is 15.4 Å². The molecular weight excluding hydrogens is 311 g/mol. The molecule has 2 rings (SSSR count). The largest absolute Gasteiger partial charge is 0.338 e. The van der Waals surface area contributed by atoms with E-state index >= 15 is 0 Å². The number of nitrogens with one attached hydrogen (secondary N) is 1. The number of nitrogens with zero attached hydrogens (tertiary/aromatic N) is 3. The highest BCUT2D eigenvalue weighted by Crippen LogP contribution is 2.13. The van der Waals surface area contributed by atoms with Crippen LogP contribution in [0.3, 0.4) is 0 Å². The van der Waals surface area contributed by atoms with Crippen molar-refractivity contribution in [3.8, 4) is 0 Å². The second-order valence-corrected chi connectivity index (χ2v) is 6.93. The van der Waals surface area contributed by atoms with E-state index in [9.17, 15) is 12.8 Å². The van der Waals surface area contributed by atoms with Crippen molar-refractivity contribution in [1.82, 2.24) is 19.2 Å². The zero-order valence-corrected chi connectivity index (χ0v) is 13.3. The summed E-state index contributed by atoms with van der Waals surface area (Å²) in [5.41, 5.74) is 1.67. The average Bonchev–Trinajstić information content (AvgIpc) is 2.87. The van der Waals surface area contributed by atoms with E-state index in [4.69, 9.17) is 4.52 Å². The Bertz CT molecular complexity index is 758. The second kappa shape index (κ2) is 6.51. The molecule has 0 spiro atoms. The Hall–Kier alpha value is -1.84. The maximum Gasteiger partial charge on any atom is 0.279 e. The van der Waals surface area contributed by atoms with E-state index in [1.54, 1.807) is 13.0 Å². The normalized spacial score (nSPS) is 12.0. The molecular formula is C13H17FN4O3S. The van der Waals surface area contributed by atoms with Gasteiger partial charge in [-0.15, -0.1) is 0 Å². The lowest BCUT2D eigenvalue weighted by molar-refractivity contribution is 0.369. The summed E-state index contributed by atoms with van der Waals surface area (Å²) in [6.07, 6.45) is 0.385. The van der Waals surface area contributed by atoms with E-state index in [1.165, 1.54) is 26.2 Å². The zero-order valence-electron chi connectivity index (χ0n) is 12.5. The first-order valence-corrected chi connectivity index (χ1v) is 7.95. The van der Waals surface area contributed by atoms with Gasteiger partial charge in [0.1, 0.15) is 5.82 Å². The summed E-state index contributed by atoms with van der Waals surface area (Å²) in [7, 11) is -0.712. The van der Waals surface area contributed by atoms with Crippen LogP contribution in [-0.4, -0.2) is 37.0 Å². The van der Waals surface area contributed by atoms with Gasteiger partial charge in [0.25, 0.3) is 10.2 Å². The van der Waals surface area contributed by atoms with Crippen molar-refractivity contribution in [2.45, 2.75) is 19.9 Å². The minimum Gasteiger partial charge on any atom is -0.338 e. The molecule has 0 unspecified atom stereocenters. The molecule has 0 radical (unpaired) electrons. The molecule has 1 N–H and O–H groups in total. The average molecular weight is 328 g/mol. The standard InChI is InChI=1S/C13H17FN4O3S/c1-9-6-11(14)5-4-10(9)7-12-16-13(21-17-12)8-15-22(19,20)18(2)3/h4-6,15H,7-8H2,1-3H3. The number of benzene rings is 1. The van der Waals surface area contributed by atoms with Crippen LogP contribution >= 0.6 is 0 Å². The molecule has 0 aliphatic carbocycles. The van der Waals surface area contributed by atoms with Crippen LogP contribution in [0.5, 0.6) is 0 Å². The second-order valence-electron chi connectivity index (χ2n) is 4.96. The van der Waals surface area contributed by atoms with Gasteiger partial charge in [0.15, 0.2) is 5.82 Å². The van der Waals surface area contributed by atoms with Crippen LogP contribution in [0.2, 0.25) is 0 Å². The van der Waals surface area contributed by atoms with Crippen molar-refractivity contribution >= 4 is 10.2 Å². The van der Waals surface area contributed by atoms with Gasteiger partial charge in [-0.1, -0.05) is 11.2 Å². The molecule has 7 nitrogen and oxygen atoms in total. The minimum absolute atomic E-state index is 0.0874. The lowest BCUT2D eigenvalue weighted by atomic mass is 10.1. The van der Waals surface area contributed by atoms with Crippen molar-refractivity contribution < 1.29 is 17.3 Å². The van der Waals surface area contributed by atoms with Crippen LogP contribution in [0, 0.1) is 12.7 Å².